The molecule has 0 N–H and O–H groups in total. The number of halogens is 1. The summed E-state index contributed by atoms with van der Waals surface area (Å²) in [6.45, 7) is 13.9. The molecule has 2 aliphatic rings. The topological polar surface area (TPSA) is 153 Å². The predicted molar refractivity (Wildman–Crippen MR) is 225 cm³/mol. The van der Waals surface area contributed by atoms with Gasteiger partial charge in [0.2, 0.25) is 5.24 Å². The van der Waals surface area contributed by atoms with E-state index in [1.165, 1.54) is 22.7 Å². The number of ether oxygens (including phenoxy) is 6. The number of thiophene rings is 2. The Hall–Kier alpha value is -1.39. The Bertz CT molecular complexity index is 1410. The van der Waals surface area contributed by atoms with E-state index in [0.717, 1.165) is 98.3 Å². The van der Waals surface area contributed by atoms with Crippen LogP contribution in [0, 0.1) is 17.8 Å². The van der Waals surface area contributed by atoms with Gasteiger partial charge in [-0.3, -0.25) is 14.4 Å². The maximum Gasteiger partial charge on any atom is 1.00 e. The Morgan fingerprint density at radius 2 is 1.12 bits per heavy atom. The number of hydrogen-bond donors (Lipinski definition) is 0. The van der Waals surface area contributed by atoms with Gasteiger partial charge < -0.3 is 38.6 Å². The minimum absolute atomic E-state index is 0. The first kappa shape index (κ1) is 59.7. The largest absolute Gasteiger partial charge is 1.00 e. The van der Waals surface area contributed by atoms with E-state index in [4.69, 9.17) is 40.0 Å². The monoisotopic (exact) mass is 874 g/mol. The van der Waals surface area contributed by atoms with Crippen LogP contribution in [-0.4, -0.2) is 69.0 Å². The molecule has 4 heterocycles. The van der Waals surface area contributed by atoms with Crippen LogP contribution in [0.4, 0.5) is 0 Å². The second-order valence-electron chi connectivity index (χ2n) is 14.0. The van der Waals surface area contributed by atoms with Gasteiger partial charge in [-0.1, -0.05) is 87.5 Å². The molecule has 0 spiro atoms. The molecule has 2 aliphatic heterocycles. The van der Waals surface area contributed by atoms with Crippen LogP contribution in [0.5, 0.6) is 23.0 Å². The Kier molecular flexibility index (Phi) is 35.5. The third kappa shape index (κ3) is 22.0. The van der Waals surface area contributed by atoms with Crippen molar-refractivity contribution in [1.29, 1.82) is 0 Å². The SMILES string of the molecule is C.CCCCC(CC)C(=O)Cl.CCCCC(CC)C(=O)OCC(Cc1scc2c1OCCO2)OC(=O)C(CC)CCCC.[Li+].[Li+].[O-]CC([O-])Cc1scc2c1OCCO2. The Labute approximate surface area is 391 Å². The first-order valence-electron chi connectivity index (χ1n) is 20.6. The van der Waals surface area contributed by atoms with E-state index in [9.17, 15) is 24.6 Å². The van der Waals surface area contributed by atoms with Crippen LogP contribution in [-0.2, 0) is 36.7 Å². The zero-order valence-corrected chi connectivity index (χ0v) is 38.8. The van der Waals surface area contributed by atoms with E-state index in [0.29, 0.717) is 44.3 Å². The van der Waals surface area contributed by atoms with E-state index in [2.05, 4.69) is 20.8 Å². The predicted octanol–water partition coefficient (Wildman–Crippen LogP) is 2.71. The summed E-state index contributed by atoms with van der Waals surface area (Å²) in [6.07, 6.45) is 10.4. The average Bonchev–Trinajstić information content (AvgIpc) is 3.81. The molecule has 2 aromatic rings. The molecule has 5 atom stereocenters. The van der Waals surface area contributed by atoms with Crippen molar-refractivity contribution in [3.8, 4) is 23.0 Å². The fraction of sp³-hybridized carbons (Fsp3) is 0.744. The Morgan fingerprint density at radius 1 is 0.695 bits per heavy atom. The van der Waals surface area contributed by atoms with Crippen molar-refractivity contribution in [2.24, 2.45) is 17.8 Å². The first-order valence-corrected chi connectivity index (χ1v) is 22.7. The molecule has 328 valence electrons. The fourth-order valence-corrected chi connectivity index (χ4v) is 8.29. The number of rotatable bonds is 23. The van der Waals surface area contributed by atoms with Crippen molar-refractivity contribution >= 4 is 51.5 Å². The van der Waals surface area contributed by atoms with Crippen LogP contribution in [0.15, 0.2) is 10.8 Å². The molecule has 0 amide bonds. The van der Waals surface area contributed by atoms with Gasteiger partial charge in [0.1, 0.15) is 39.1 Å². The maximum absolute atomic E-state index is 12.9. The van der Waals surface area contributed by atoms with Gasteiger partial charge in [0.15, 0.2) is 23.0 Å². The maximum atomic E-state index is 12.9. The van der Waals surface area contributed by atoms with Crippen LogP contribution < -0.4 is 66.9 Å². The normalized spacial score (nSPS) is 14.7. The molecule has 11 nitrogen and oxygen atoms in total. The zero-order chi connectivity index (χ0) is 41.3. The third-order valence-corrected chi connectivity index (χ3v) is 11.9. The van der Waals surface area contributed by atoms with Gasteiger partial charge >= 0.3 is 49.7 Å². The van der Waals surface area contributed by atoms with Crippen molar-refractivity contribution in [2.75, 3.05) is 39.6 Å². The second-order valence-corrected chi connectivity index (χ2v) is 16.3. The van der Waals surface area contributed by atoms with Gasteiger partial charge in [0, 0.05) is 28.0 Å². The van der Waals surface area contributed by atoms with E-state index in [-0.39, 0.29) is 93.1 Å². The van der Waals surface area contributed by atoms with Gasteiger partial charge in [-0.2, -0.15) is 6.61 Å². The third-order valence-electron chi connectivity index (χ3n) is 9.64. The van der Waals surface area contributed by atoms with Gasteiger partial charge in [-0.15, -0.1) is 28.8 Å². The summed E-state index contributed by atoms with van der Waals surface area (Å²) >= 11 is 8.28. The van der Waals surface area contributed by atoms with E-state index in [1.807, 2.05) is 31.5 Å². The van der Waals surface area contributed by atoms with Crippen LogP contribution >= 0.6 is 34.3 Å². The summed E-state index contributed by atoms with van der Waals surface area (Å²) in [7, 11) is 0. The second kappa shape index (κ2) is 35.1. The van der Waals surface area contributed by atoms with Crippen LogP contribution in [0.2, 0.25) is 0 Å². The smallest absolute Gasteiger partial charge is 0.855 e. The molecule has 0 aliphatic carbocycles. The molecule has 5 unspecified atom stereocenters. The van der Waals surface area contributed by atoms with Crippen molar-refractivity contribution in [3.05, 3.63) is 20.5 Å². The Morgan fingerprint density at radius 3 is 1.54 bits per heavy atom. The summed E-state index contributed by atoms with van der Waals surface area (Å²) in [5, 5.41) is 25.0. The molecular formula is C43H69ClLi2O11S2. The van der Waals surface area contributed by atoms with Crippen molar-refractivity contribution < 1.29 is 90.7 Å². The minimum Gasteiger partial charge on any atom is -0.855 e. The first-order chi connectivity index (χ1) is 27.1. The minimum atomic E-state index is -1.08. The van der Waals surface area contributed by atoms with Crippen LogP contribution in [0.25, 0.3) is 0 Å². The van der Waals surface area contributed by atoms with Crippen LogP contribution in [0.1, 0.15) is 136 Å². The molecule has 0 fully saturated rings. The van der Waals surface area contributed by atoms with E-state index < -0.39 is 18.8 Å². The molecule has 0 aromatic carbocycles. The molecule has 0 saturated heterocycles. The summed E-state index contributed by atoms with van der Waals surface area (Å²) in [5.41, 5.74) is 0. The van der Waals surface area contributed by atoms with Crippen molar-refractivity contribution in [2.45, 2.75) is 151 Å². The van der Waals surface area contributed by atoms with Gasteiger partial charge in [-0.25, -0.2) is 0 Å². The number of esters is 2. The van der Waals surface area contributed by atoms with Crippen LogP contribution in [0.3, 0.4) is 0 Å². The molecule has 0 bridgehead atoms. The summed E-state index contributed by atoms with van der Waals surface area (Å²) < 4.78 is 33.7. The molecule has 0 radical (unpaired) electrons. The molecule has 16 heteroatoms. The van der Waals surface area contributed by atoms with E-state index >= 15 is 0 Å². The van der Waals surface area contributed by atoms with Crippen molar-refractivity contribution in [3.63, 3.8) is 0 Å². The van der Waals surface area contributed by atoms with Gasteiger partial charge in [0.25, 0.3) is 0 Å². The fourth-order valence-electron chi connectivity index (χ4n) is 6.08. The van der Waals surface area contributed by atoms with Crippen molar-refractivity contribution in [1.82, 2.24) is 0 Å². The zero-order valence-electron chi connectivity index (χ0n) is 36.4. The number of unbranched alkanes of at least 4 members (excludes halogenated alkanes) is 3. The van der Waals surface area contributed by atoms with E-state index in [1.54, 1.807) is 0 Å². The summed E-state index contributed by atoms with van der Waals surface area (Å²) in [4.78, 5) is 37.9. The number of carbonyl (C=O) groups excluding carboxylic acids is 3. The van der Waals surface area contributed by atoms with Gasteiger partial charge in [-0.05, 0) is 56.5 Å². The molecular weight excluding hydrogens is 806 g/mol. The molecule has 59 heavy (non-hydrogen) atoms. The summed E-state index contributed by atoms with van der Waals surface area (Å²) in [6, 6.07) is 0. The quantitative estimate of drug-likeness (QED) is 0.0921. The van der Waals surface area contributed by atoms with Gasteiger partial charge in [0.05, 0.1) is 16.7 Å². The standard InChI is InChI=1S/C25H40O6S.C9H10O4S.C8H15ClO.CH4.2Li/c1-5-9-11-18(7-3)24(26)30-16-20(31-25(27)19(8-4)12-10-6-2)15-22-23-21(17-32-22)28-13-14-29-23;10-4-6(11)3-8-9-7(5-14-8)12-1-2-13-9;1-3-5-6-7(4-2)8(9)10;;;/h17-20H,5-16H2,1-4H3;5-6H,1-4H2;7H,3-6H2,1-2H3;1H4;;/q;-2;;;2*+1. The average molecular weight is 875 g/mol. The Balaban J connectivity index is 0. The molecule has 2 aromatic heterocycles. The molecule has 4 rings (SSSR count). The number of fused-ring (bicyclic) bond motifs is 2. The molecule has 0 saturated carbocycles. The number of hydrogen-bond acceptors (Lipinski definition) is 13. The summed E-state index contributed by atoms with van der Waals surface area (Å²) in [5.74, 6) is 2.28. The number of carbonyl (C=O) groups is 3.